The molecule has 1 heterocycles. The van der Waals surface area contributed by atoms with E-state index in [0.29, 0.717) is 0 Å². The van der Waals surface area contributed by atoms with Crippen LogP contribution in [0.5, 0.6) is 0 Å². The Morgan fingerprint density at radius 3 is 2.50 bits per heavy atom. The summed E-state index contributed by atoms with van der Waals surface area (Å²) in [6.07, 6.45) is 1.00. The maximum atomic E-state index is 7.87. The van der Waals surface area contributed by atoms with E-state index in [1.165, 1.54) is 0 Å². The first-order valence-corrected chi connectivity index (χ1v) is 2.90. The molecule has 0 amide bonds. The SMILES string of the molecule is [N]OC1CCS1. The lowest BCUT2D eigenvalue weighted by molar-refractivity contribution is 0.0864. The summed E-state index contributed by atoms with van der Waals surface area (Å²) in [5, 5.41) is 0. The quantitative estimate of drug-likeness (QED) is 0.451. The van der Waals surface area contributed by atoms with Crippen LogP contribution in [-0.4, -0.2) is 11.2 Å². The number of hydrogen-bond acceptors (Lipinski definition) is 2. The Labute approximate surface area is 41.0 Å². The molecule has 1 aliphatic heterocycles. The van der Waals surface area contributed by atoms with Crippen LogP contribution in [0.15, 0.2) is 0 Å². The molecule has 2 nitrogen and oxygen atoms in total. The molecule has 6 heavy (non-hydrogen) atoms. The molecule has 34 valence electrons. The van der Waals surface area contributed by atoms with E-state index >= 15 is 0 Å². The summed E-state index contributed by atoms with van der Waals surface area (Å²) in [6.45, 7) is 0. The molecule has 1 rings (SSSR count). The molecule has 1 atom stereocenters. The van der Waals surface area contributed by atoms with Crippen LogP contribution in [0.4, 0.5) is 0 Å². The fraction of sp³-hybridized carbons (Fsp3) is 1.00. The smallest absolute Gasteiger partial charge is 0.129 e. The first-order chi connectivity index (χ1) is 2.93. The van der Waals surface area contributed by atoms with E-state index in [1.54, 1.807) is 11.8 Å². The minimum Gasteiger partial charge on any atom is -0.249 e. The van der Waals surface area contributed by atoms with Crippen molar-refractivity contribution >= 4 is 11.8 Å². The van der Waals surface area contributed by atoms with Crippen LogP contribution >= 0.6 is 11.8 Å². The second kappa shape index (κ2) is 1.82. The summed E-state index contributed by atoms with van der Waals surface area (Å²) in [5.41, 5.74) is 0.0880. The van der Waals surface area contributed by atoms with Gasteiger partial charge in [0.2, 0.25) is 0 Å². The van der Waals surface area contributed by atoms with Crippen molar-refractivity contribution in [3.05, 3.63) is 0 Å². The zero-order chi connectivity index (χ0) is 4.41. The van der Waals surface area contributed by atoms with Crippen molar-refractivity contribution in [1.82, 2.24) is 5.90 Å². The molecule has 3 heteroatoms. The largest absolute Gasteiger partial charge is 0.249 e. The Hall–Kier alpha value is 0.270. The molecule has 2 radical (unpaired) electrons. The first-order valence-electron chi connectivity index (χ1n) is 1.85. The number of hydrogen-bond donors (Lipinski definition) is 0. The first kappa shape index (κ1) is 4.43. The van der Waals surface area contributed by atoms with E-state index in [4.69, 9.17) is 5.90 Å². The van der Waals surface area contributed by atoms with Gasteiger partial charge in [-0.1, -0.05) is 0 Å². The van der Waals surface area contributed by atoms with Crippen molar-refractivity contribution in [3.8, 4) is 0 Å². The molecule has 1 aliphatic rings. The summed E-state index contributed by atoms with van der Waals surface area (Å²) in [4.78, 5) is 3.95. The van der Waals surface area contributed by atoms with E-state index < -0.39 is 0 Å². The third-order valence-electron chi connectivity index (χ3n) is 0.775. The van der Waals surface area contributed by atoms with Crippen molar-refractivity contribution < 1.29 is 4.84 Å². The van der Waals surface area contributed by atoms with E-state index in [0.717, 1.165) is 12.2 Å². The van der Waals surface area contributed by atoms with Gasteiger partial charge < -0.3 is 0 Å². The minimum atomic E-state index is 0.0880. The van der Waals surface area contributed by atoms with Gasteiger partial charge >= 0.3 is 0 Å². The monoisotopic (exact) mass is 103 g/mol. The van der Waals surface area contributed by atoms with E-state index in [-0.39, 0.29) is 5.44 Å². The molecular weight excluding hydrogens is 98.1 g/mol. The minimum absolute atomic E-state index is 0.0880. The lowest BCUT2D eigenvalue weighted by atomic mass is 10.5. The third-order valence-corrected chi connectivity index (χ3v) is 1.94. The summed E-state index contributed by atoms with van der Waals surface area (Å²) in [7, 11) is 0. The van der Waals surface area contributed by atoms with Gasteiger partial charge in [-0.15, -0.1) is 11.8 Å². The molecule has 0 N–H and O–H groups in total. The van der Waals surface area contributed by atoms with Gasteiger partial charge in [-0.3, -0.25) is 0 Å². The van der Waals surface area contributed by atoms with Gasteiger partial charge in [0.15, 0.2) is 0 Å². The fourth-order valence-corrected chi connectivity index (χ4v) is 0.786. The summed E-state index contributed by atoms with van der Waals surface area (Å²) < 4.78 is 0. The van der Waals surface area contributed by atoms with Crippen molar-refractivity contribution in [2.75, 3.05) is 5.75 Å². The highest BCUT2D eigenvalue weighted by Gasteiger charge is 2.17. The highest BCUT2D eigenvalue weighted by Crippen LogP contribution is 2.26. The van der Waals surface area contributed by atoms with Gasteiger partial charge in [-0.2, -0.15) is 0 Å². The molecule has 1 unspecified atom stereocenters. The summed E-state index contributed by atoms with van der Waals surface area (Å²) in [5.74, 6) is 9.00. The second-order valence-electron chi connectivity index (χ2n) is 1.19. The van der Waals surface area contributed by atoms with Gasteiger partial charge in [-0.25, -0.2) is 4.84 Å². The topological polar surface area (TPSA) is 31.5 Å². The molecule has 0 aliphatic carbocycles. The maximum Gasteiger partial charge on any atom is 0.129 e. The van der Waals surface area contributed by atoms with Crippen molar-refractivity contribution in [2.45, 2.75) is 11.9 Å². The predicted molar refractivity (Wildman–Crippen MR) is 24.1 cm³/mol. The average molecular weight is 103 g/mol. The third kappa shape index (κ3) is 0.668. The fourth-order valence-electron chi connectivity index (χ4n) is 0.297. The highest BCUT2D eigenvalue weighted by molar-refractivity contribution is 8.01. The molecular formula is C3H5NOS. The van der Waals surface area contributed by atoms with Crippen LogP contribution in [0.1, 0.15) is 6.42 Å². The number of nitrogens with zero attached hydrogens (tertiary/aromatic N) is 1. The van der Waals surface area contributed by atoms with Crippen LogP contribution in [0.3, 0.4) is 0 Å². The second-order valence-corrected chi connectivity index (χ2v) is 2.46. The van der Waals surface area contributed by atoms with E-state index in [9.17, 15) is 0 Å². The maximum absolute atomic E-state index is 7.87. The Morgan fingerprint density at radius 1 is 1.83 bits per heavy atom. The van der Waals surface area contributed by atoms with Gasteiger partial charge in [0.05, 0.1) is 0 Å². The van der Waals surface area contributed by atoms with Crippen molar-refractivity contribution in [1.29, 1.82) is 0 Å². The number of rotatable bonds is 1. The van der Waals surface area contributed by atoms with Gasteiger partial charge in [0, 0.05) is 5.90 Å². The normalized spacial score (nSPS) is 32.5. The van der Waals surface area contributed by atoms with Crippen LogP contribution in [-0.2, 0) is 4.84 Å². The van der Waals surface area contributed by atoms with E-state index in [2.05, 4.69) is 4.84 Å². The number of thioether (sulfide) groups is 1. The standard InChI is InChI=1S/C3H5NOS/c4-5-3-1-2-6-3/h3H,1-2H2. The van der Waals surface area contributed by atoms with Gasteiger partial charge in [0.25, 0.3) is 0 Å². The zero-order valence-corrected chi connectivity index (χ0v) is 4.07. The summed E-state index contributed by atoms with van der Waals surface area (Å²) in [6, 6.07) is 0. The van der Waals surface area contributed by atoms with Crippen LogP contribution in [0, 0.1) is 0 Å². The average Bonchev–Trinajstić information content (AvgIpc) is 1.31. The molecule has 0 aromatic rings. The molecule has 1 fully saturated rings. The van der Waals surface area contributed by atoms with E-state index in [1.807, 2.05) is 0 Å². The molecule has 0 aromatic heterocycles. The molecule has 1 saturated heterocycles. The van der Waals surface area contributed by atoms with Crippen LogP contribution in [0.25, 0.3) is 0 Å². The molecule has 0 saturated carbocycles. The van der Waals surface area contributed by atoms with Crippen LogP contribution < -0.4 is 5.90 Å². The Kier molecular flexibility index (Phi) is 1.34. The van der Waals surface area contributed by atoms with Crippen molar-refractivity contribution in [2.24, 2.45) is 0 Å². The Bertz CT molecular complexity index is 43.3. The Morgan fingerprint density at radius 2 is 2.50 bits per heavy atom. The molecule has 0 aromatic carbocycles. The lowest BCUT2D eigenvalue weighted by Gasteiger charge is -2.19. The summed E-state index contributed by atoms with van der Waals surface area (Å²) >= 11 is 1.63. The predicted octanol–water partition coefficient (Wildman–Crippen LogP) is 0.450. The molecule has 0 bridgehead atoms. The Balaban J connectivity index is 2.01. The van der Waals surface area contributed by atoms with Crippen LogP contribution in [0.2, 0.25) is 0 Å². The molecule has 0 spiro atoms. The van der Waals surface area contributed by atoms with Gasteiger partial charge in [0.1, 0.15) is 5.44 Å². The van der Waals surface area contributed by atoms with Crippen molar-refractivity contribution in [3.63, 3.8) is 0 Å². The highest BCUT2D eigenvalue weighted by atomic mass is 32.2. The van der Waals surface area contributed by atoms with Gasteiger partial charge in [-0.05, 0) is 12.2 Å². The zero-order valence-electron chi connectivity index (χ0n) is 3.26. The lowest BCUT2D eigenvalue weighted by Crippen LogP contribution is -2.17.